The molecule has 0 spiro atoms. The molecule has 0 rings (SSSR count). The van der Waals surface area contributed by atoms with Crippen molar-refractivity contribution in [3.8, 4) is 0 Å². The van der Waals surface area contributed by atoms with Crippen LogP contribution >= 0.6 is 0 Å². The minimum atomic E-state index is -4.04. The second kappa shape index (κ2) is 4.70. The number of hydrogen-bond acceptors (Lipinski definition) is 1. The van der Waals surface area contributed by atoms with Gasteiger partial charge < -0.3 is 5.32 Å². The van der Waals surface area contributed by atoms with Crippen molar-refractivity contribution in [1.29, 1.82) is 0 Å². The van der Waals surface area contributed by atoms with Crippen molar-refractivity contribution in [2.75, 3.05) is 6.54 Å². The molecule has 1 nitrogen and oxygen atoms in total. The van der Waals surface area contributed by atoms with Gasteiger partial charge in [-0.3, -0.25) is 0 Å². The standard InChI is InChI=1S/C8H16F3N/c1-6(2)7(3)12-5-4-8(9,10)11/h6-7,12H,4-5H2,1-3H3. The van der Waals surface area contributed by atoms with E-state index >= 15 is 0 Å². The summed E-state index contributed by atoms with van der Waals surface area (Å²) in [7, 11) is 0. The maximum absolute atomic E-state index is 11.7. The molecule has 74 valence electrons. The molecule has 0 aromatic heterocycles. The average Bonchev–Trinajstić information content (AvgIpc) is 1.84. The molecule has 0 aliphatic heterocycles. The summed E-state index contributed by atoms with van der Waals surface area (Å²) >= 11 is 0. The van der Waals surface area contributed by atoms with Gasteiger partial charge in [-0.1, -0.05) is 13.8 Å². The number of rotatable bonds is 4. The maximum Gasteiger partial charge on any atom is 0.390 e. The van der Waals surface area contributed by atoms with Crippen LogP contribution in [0, 0.1) is 5.92 Å². The van der Waals surface area contributed by atoms with E-state index < -0.39 is 12.6 Å². The summed E-state index contributed by atoms with van der Waals surface area (Å²) in [5.41, 5.74) is 0. The highest BCUT2D eigenvalue weighted by molar-refractivity contribution is 4.65. The van der Waals surface area contributed by atoms with Crippen molar-refractivity contribution in [2.24, 2.45) is 5.92 Å². The van der Waals surface area contributed by atoms with Crippen LogP contribution in [0.5, 0.6) is 0 Å². The van der Waals surface area contributed by atoms with Crippen LogP contribution in [0.1, 0.15) is 27.2 Å². The number of alkyl halides is 3. The van der Waals surface area contributed by atoms with Crippen molar-refractivity contribution in [3.05, 3.63) is 0 Å². The lowest BCUT2D eigenvalue weighted by Crippen LogP contribution is -2.33. The SMILES string of the molecule is CC(C)C(C)NCCC(F)(F)F. The van der Waals surface area contributed by atoms with Crippen LogP contribution in [-0.2, 0) is 0 Å². The summed E-state index contributed by atoms with van der Waals surface area (Å²) in [4.78, 5) is 0. The molecule has 0 aliphatic carbocycles. The average molecular weight is 183 g/mol. The van der Waals surface area contributed by atoms with Gasteiger partial charge in [0.15, 0.2) is 0 Å². The zero-order chi connectivity index (χ0) is 9.78. The zero-order valence-electron chi connectivity index (χ0n) is 7.70. The van der Waals surface area contributed by atoms with E-state index in [1.165, 1.54) is 0 Å². The maximum atomic E-state index is 11.7. The molecule has 1 N–H and O–H groups in total. The first-order valence-electron chi connectivity index (χ1n) is 4.13. The molecular formula is C8H16F3N. The Bertz CT molecular complexity index is 120. The smallest absolute Gasteiger partial charge is 0.314 e. The molecule has 0 amide bonds. The molecule has 0 aliphatic rings. The molecule has 0 bridgehead atoms. The summed E-state index contributed by atoms with van der Waals surface area (Å²) in [6, 6.07) is 0.146. The first-order chi connectivity index (χ1) is 5.33. The highest BCUT2D eigenvalue weighted by atomic mass is 19.4. The molecule has 1 unspecified atom stereocenters. The van der Waals surface area contributed by atoms with E-state index in [0.29, 0.717) is 5.92 Å². The normalized spacial score (nSPS) is 15.2. The number of hydrogen-bond donors (Lipinski definition) is 1. The lowest BCUT2D eigenvalue weighted by Gasteiger charge is -2.17. The molecule has 0 fully saturated rings. The predicted molar refractivity (Wildman–Crippen MR) is 43.0 cm³/mol. The largest absolute Gasteiger partial charge is 0.390 e. The van der Waals surface area contributed by atoms with Gasteiger partial charge in [0, 0.05) is 12.6 Å². The summed E-state index contributed by atoms with van der Waals surface area (Å²) in [5, 5.41) is 2.82. The Balaban J connectivity index is 3.44. The fraction of sp³-hybridized carbons (Fsp3) is 1.00. The summed E-state index contributed by atoms with van der Waals surface area (Å²) in [5.74, 6) is 0.373. The second-order valence-corrected chi connectivity index (χ2v) is 3.35. The molecule has 0 saturated carbocycles. The van der Waals surface area contributed by atoms with E-state index in [1.807, 2.05) is 20.8 Å². The van der Waals surface area contributed by atoms with Gasteiger partial charge in [0.05, 0.1) is 6.42 Å². The van der Waals surface area contributed by atoms with E-state index in [0.717, 1.165) is 0 Å². The lowest BCUT2D eigenvalue weighted by atomic mass is 10.1. The van der Waals surface area contributed by atoms with Crippen LogP contribution < -0.4 is 5.32 Å². The van der Waals surface area contributed by atoms with Crippen LogP contribution in [0.4, 0.5) is 13.2 Å². The van der Waals surface area contributed by atoms with Gasteiger partial charge in [-0.05, 0) is 12.8 Å². The Morgan fingerprint density at radius 3 is 2.00 bits per heavy atom. The van der Waals surface area contributed by atoms with Gasteiger partial charge in [0.2, 0.25) is 0 Å². The van der Waals surface area contributed by atoms with Crippen LogP contribution in [-0.4, -0.2) is 18.8 Å². The minimum Gasteiger partial charge on any atom is -0.314 e. The first-order valence-corrected chi connectivity index (χ1v) is 4.13. The molecule has 0 saturated heterocycles. The number of halogens is 3. The van der Waals surface area contributed by atoms with Gasteiger partial charge in [-0.2, -0.15) is 13.2 Å². The monoisotopic (exact) mass is 183 g/mol. The van der Waals surface area contributed by atoms with Gasteiger partial charge in [-0.15, -0.1) is 0 Å². The Morgan fingerprint density at radius 2 is 1.67 bits per heavy atom. The zero-order valence-corrected chi connectivity index (χ0v) is 7.70. The Labute approximate surface area is 71.3 Å². The predicted octanol–water partition coefficient (Wildman–Crippen LogP) is 2.57. The molecular weight excluding hydrogens is 167 g/mol. The van der Waals surface area contributed by atoms with Gasteiger partial charge in [0.1, 0.15) is 0 Å². The van der Waals surface area contributed by atoms with Crippen molar-refractivity contribution >= 4 is 0 Å². The molecule has 0 aromatic carbocycles. The Kier molecular flexibility index (Phi) is 4.60. The second-order valence-electron chi connectivity index (χ2n) is 3.35. The van der Waals surface area contributed by atoms with E-state index in [9.17, 15) is 13.2 Å². The lowest BCUT2D eigenvalue weighted by molar-refractivity contribution is -0.133. The van der Waals surface area contributed by atoms with E-state index in [2.05, 4.69) is 5.32 Å². The topological polar surface area (TPSA) is 12.0 Å². The molecule has 1 atom stereocenters. The van der Waals surface area contributed by atoms with Crippen molar-refractivity contribution in [2.45, 2.75) is 39.4 Å². The first kappa shape index (κ1) is 11.8. The third-order valence-corrected chi connectivity index (χ3v) is 1.87. The highest BCUT2D eigenvalue weighted by Crippen LogP contribution is 2.18. The van der Waals surface area contributed by atoms with Crippen molar-refractivity contribution in [3.63, 3.8) is 0 Å². The molecule has 0 radical (unpaired) electrons. The molecule has 0 heterocycles. The fourth-order valence-electron chi connectivity index (χ4n) is 0.677. The summed E-state index contributed by atoms with van der Waals surface area (Å²) < 4.78 is 35.0. The van der Waals surface area contributed by atoms with Crippen LogP contribution in [0.3, 0.4) is 0 Å². The Morgan fingerprint density at radius 1 is 1.17 bits per heavy atom. The van der Waals surface area contributed by atoms with Gasteiger partial charge >= 0.3 is 6.18 Å². The summed E-state index contributed by atoms with van der Waals surface area (Å²) in [6.45, 7) is 5.86. The summed E-state index contributed by atoms with van der Waals surface area (Å²) in [6.07, 6.45) is -4.78. The molecule has 4 heteroatoms. The van der Waals surface area contributed by atoms with E-state index in [4.69, 9.17) is 0 Å². The van der Waals surface area contributed by atoms with Crippen molar-refractivity contribution < 1.29 is 13.2 Å². The van der Waals surface area contributed by atoms with Gasteiger partial charge in [-0.25, -0.2) is 0 Å². The number of nitrogens with one attached hydrogen (secondary N) is 1. The fourth-order valence-corrected chi connectivity index (χ4v) is 0.677. The van der Waals surface area contributed by atoms with Crippen LogP contribution in [0.25, 0.3) is 0 Å². The third kappa shape index (κ3) is 6.46. The van der Waals surface area contributed by atoms with Gasteiger partial charge in [0.25, 0.3) is 0 Å². The third-order valence-electron chi connectivity index (χ3n) is 1.87. The quantitative estimate of drug-likeness (QED) is 0.706. The molecule has 0 aromatic rings. The molecule has 12 heavy (non-hydrogen) atoms. The Hall–Kier alpha value is -0.250. The highest BCUT2D eigenvalue weighted by Gasteiger charge is 2.26. The van der Waals surface area contributed by atoms with E-state index in [-0.39, 0.29) is 12.6 Å². The van der Waals surface area contributed by atoms with Crippen molar-refractivity contribution in [1.82, 2.24) is 5.32 Å². The van der Waals surface area contributed by atoms with Crippen LogP contribution in [0.15, 0.2) is 0 Å². The van der Waals surface area contributed by atoms with Crippen LogP contribution in [0.2, 0.25) is 0 Å². The van der Waals surface area contributed by atoms with E-state index in [1.54, 1.807) is 0 Å². The minimum absolute atomic E-state index is 0.0167.